The third-order valence-electron chi connectivity index (χ3n) is 2.88. The van der Waals surface area contributed by atoms with Crippen molar-refractivity contribution in [2.75, 3.05) is 0 Å². The number of aryl methyl sites for hydroxylation is 1. The monoisotopic (exact) mass is 266 g/mol. The van der Waals surface area contributed by atoms with E-state index in [4.69, 9.17) is 5.11 Å². The summed E-state index contributed by atoms with van der Waals surface area (Å²) < 4.78 is 15.6. The van der Waals surface area contributed by atoms with E-state index < -0.39 is 23.0 Å². The van der Waals surface area contributed by atoms with Gasteiger partial charge in [0.2, 0.25) is 0 Å². The number of carboxylic acids is 1. The van der Waals surface area contributed by atoms with Gasteiger partial charge >= 0.3 is 11.7 Å². The lowest BCUT2D eigenvalue weighted by Gasteiger charge is -2.10. The quantitative estimate of drug-likeness (QED) is 0.867. The second kappa shape index (κ2) is 4.68. The maximum Gasteiger partial charge on any atom is 0.331 e. The minimum absolute atomic E-state index is 0.182. The third kappa shape index (κ3) is 2.14. The number of aliphatic carboxylic acids is 1. The zero-order chi connectivity index (χ0) is 14.2. The molecule has 1 N–H and O–H groups in total. The molecule has 100 valence electrons. The summed E-state index contributed by atoms with van der Waals surface area (Å²) in [6.07, 6.45) is -0.380. The molecule has 2 aromatic rings. The smallest absolute Gasteiger partial charge is 0.331 e. The third-order valence-corrected chi connectivity index (χ3v) is 2.88. The topological polar surface area (TPSA) is 81.3 Å². The average Bonchev–Trinajstić information content (AvgIpc) is 2.35. The van der Waals surface area contributed by atoms with E-state index in [1.165, 1.54) is 19.2 Å². The summed E-state index contributed by atoms with van der Waals surface area (Å²) in [6, 6.07) is 3.98. The summed E-state index contributed by atoms with van der Waals surface area (Å²) >= 11 is 0. The average molecular weight is 266 g/mol. The number of rotatable bonds is 3. The number of nitrogens with zero attached hydrogens (tertiary/aromatic N) is 2. The second-order valence-corrected chi connectivity index (χ2v) is 4.08. The van der Waals surface area contributed by atoms with E-state index in [0.717, 1.165) is 15.2 Å². The lowest BCUT2D eigenvalue weighted by molar-refractivity contribution is -0.137. The van der Waals surface area contributed by atoms with Gasteiger partial charge in [0, 0.05) is 13.6 Å². The van der Waals surface area contributed by atoms with E-state index in [9.17, 15) is 18.8 Å². The van der Waals surface area contributed by atoms with Gasteiger partial charge in [0.15, 0.2) is 0 Å². The summed E-state index contributed by atoms with van der Waals surface area (Å²) in [4.78, 5) is 34.5. The highest BCUT2D eigenvalue weighted by atomic mass is 19.1. The fraction of sp³-hybridized carbons (Fsp3) is 0.250. The van der Waals surface area contributed by atoms with E-state index in [1.54, 1.807) is 0 Å². The SMILES string of the molecule is Cn1c(=O)n(CCC(=O)O)c(=O)c2c(F)cccc21. The van der Waals surface area contributed by atoms with Gasteiger partial charge in [0.1, 0.15) is 5.82 Å². The van der Waals surface area contributed by atoms with Gasteiger partial charge in [-0.3, -0.25) is 18.7 Å². The summed E-state index contributed by atoms with van der Waals surface area (Å²) in [5.74, 6) is -1.87. The Balaban J connectivity index is 2.79. The van der Waals surface area contributed by atoms with Crippen LogP contribution in [-0.2, 0) is 18.4 Å². The predicted octanol–water partition coefficient (Wildman–Crippen LogP) is 0.314. The largest absolute Gasteiger partial charge is 0.481 e. The summed E-state index contributed by atoms with van der Waals surface area (Å²) in [7, 11) is 1.40. The molecular weight excluding hydrogens is 255 g/mol. The van der Waals surface area contributed by atoms with Gasteiger partial charge in [-0.05, 0) is 12.1 Å². The van der Waals surface area contributed by atoms with Crippen molar-refractivity contribution in [2.45, 2.75) is 13.0 Å². The van der Waals surface area contributed by atoms with Crippen LogP contribution >= 0.6 is 0 Å². The molecule has 0 aliphatic carbocycles. The molecule has 0 saturated carbocycles. The molecule has 1 aromatic heterocycles. The molecule has 0 amide bonds. The molecule has 0 fully saturated rings. The van der Waals surface area contributed by atoms with Crippen molar-refractivity contribution >= 4 is 16.9 Å². The second-order valence-electron chi connectivity index (χ2n) is 4.08. The molecule has 0 bridgehead atoms. The molecule has 7 heteroatoms. The lowest BCUT2D eigenvalue weighted by Crippen LogP contribution is -2.39. The molecule has 0 atom stereocenters. The van der Waals surface area contributed by atoms with Gasteiger partial charge in [-0.25, -0.2) is 9.18 Å². The summed E-state index contributed by atoms with van der Waals surface area (Å²) in [5, 5.41) is 8.38. The van der Waals surface area contributed by atoms with Crippen molar-refractivity contribution in [1.29, 1.82) is 0 Å². The minimum atomic E-state index is -1.14. The molecule has 0 unspecified atom stereocenters. The molecule has 6 nitrogen and oxygen atoms in total. The Morgan fingerprint density at radius 1 is 1.37 bits per heavy atom. The first-order valence-corrected chi connectivity index (χ1v) is 5.53. The van der Waals surface area contributed by atoms with E-state index in [2.05, 4.69) is 0 Å². The molecule has 0 radical (unpaired) electrons. The number of fused-ring (bicyclic) bond motifs is 1. The van der Waals surface area contributed by atoms with Crippen molar-refractivity contribution in [3.8, 4) is 0 Å². The molecule has 19 heavy (non-hydrogen) atoms. The van der Waals surface area contributed by atoms with Crippen molar-refractivity contribution in [3.63, 3.8) is 0 Å². The van der Waals surface area contributed by atoms with Crippen LogP contribution < -0.4 is 11.2 Å². The normalized spacial score (nSPS) is 10.8. The van der Waals surface area contributed by atoms with Gasteiger partial charge in [0.25, 0.3) is 5.56 Å². The first kappa shape index (κ1) is 13.0. The minimum Gasteiger partial charge on any atom is -0.481 e. The lowest BCUT2D eigenvalue weighted by atomic mass is 10.2. The van der Waals surface area contributed by atoms with Crippen LogP contribution in [0.25, 0.3) is 10.9 Å². The van der Waals surface area contributed by atoms with Crippen LogP contribution in [0.5, 0.6) is 0 Å². The van der Waals surface area contributed by atoms with Crippen LogP contribution in [0.1, 0.15) is 6.42 Å². The first-order valence-electron chi connectivity index (χ1n) is 5.53. The summed E-state index contributed by atoms with van der Waals surface area (Å²) in [5.41, 5.74) is -1.29. The van der Waals surface area contributed by atoms with E-state index >= 15 is 0 Å². The van der Waals surface area contributed by atoms with Crippen LogP contribution in [0, 0.1) is 5.82 Å². The van der Waals surface area contributed by atoms with Crippen molar-refractivity contribution in [3.05, 3.63) is 44.9 Å². The zero-order valence-electron chi connectivity index (χ0n) is 10.1. The Kier molecular flexibility index (Phi) is 3.20. The molecule has 0 aliphatic rings. The fourth-order valence-electron chi connectivity index (χ4n) is 1.91. The highest BCUT2D eigenvalue weighted by molar-refractivity contribution is 5.78. The van der Waals surface area contributed by atoms with Gasteiger partial charge in [-0.2, -0.15) is 0 Å². The number of halogens is 1. The van der Waals surface area contributed by atoms with Crippen LogP contribution in [0.2, 0.25) is 0 Å². The number of aromatic nitrogens is 2. The number of carboxylic acid groups (broad SMARTS) is 1. The zero-order valence-corrected chi connectivity index (χ0v) is 10.1. The molecule has 1 aromatic carbocycles. The first-order chi connectivity index (χ1) is 8.93. The maximum absolute atomic E-state index is 13.7. The Hall–Kier alpha value is -2.44. The standard InChI is InChI=1S/C12H11FN2O4/c1-14-8-4-2-3-7(13)10(8)11(18)15(12(14)19)6-5-9(16)17/h2-4H,5-6H2,1H3,(H,16,17). The molecule has 1 heterocycles. The summed E-state index contributed by atoms with van der Waals surface area (Å²) in [6.45, 7) is -0.287. The predicted molar refractivity (Wildman–Crippen MR) is 65.7 cm³/mol. The Morgan fingerprint density at radius 2 is 2.05 bits per heavy atom. The number of hydrogen-bond donors (Lipinski definition) is 1. The van der Waals surface area contributed by atoms with E-state index in [0.29, 0.717) is 0 Å². The molecule has 0 spiro atoms. The highest BCUT2D eigenvalue weighted by Gasteiger charge is 2.14. The number of benzene rings is 1. The van der Waals surface area contributed by atoms with Crippen LogP contribution in [-0.4, -0.2) is 20.2 Å². The van der Waals surface area contributed by atoms with Crippen molar-refractivity contribution < 1.29 is 14.3 Å². The van der Waals surface area contributed by atoms with Gasteiger partial charge in [-0.15, -0.1) is 0 Å². The number of carbonyl (C=O) groups is 1. The fourth-order valence-corrected chi connectivity index (χ4v) is 1.91. The van der Waals surface area contributed by atoms with Gasteiger partial charge in [0.05, 0.1) is 17.3 Å². The van der Waals surface area contributed by atoms with Crippen LogP contribution in [0.15, 0.2) is 27.8 Å². The highest BCUT2D eigenvalue weighted by Crippen LogP contribution is 2.11. The Morgan fingerprint density at radius 3 is 2.68 bits per heavy atom. The van der Waals surface area contributed by atoms with Gasteiger partial charge < -0.3 is 5.11 Å². The van der Waals surface area contributed by atoms with E-state index in [-0.39, 0.29) is 23.9 Å². The maximum atomic E-state index is 13.7. The van der Waals surface area contributed by atoms with Crippen LogP contribution in [0.3, 0.4) is 0 Å². The Labute approximate surface area is 106 Å². The van der Waals surface area contributed by atoms with Gasteiger partial charge in [-0.1, -0.05) is 6.07 Å². The van der Waals surface area contributed by atoms with E-state index in [1.807, 2.05) is 0 Å². The van der Waals surface area contributed by atoms with Crippen LogP contribution in [0.4, 0.5) is 4.39 Å². The molecular formula is C12H11FN2O4. The van der Waals surface area contributed by atoms with Crippen molar-refractivity contribution in [2.24, 2.45) is 7.05 Å². The number of hydrogen-bond acceptors (Lipinski definition) is 3. The molecule has 0 aliphatic heterocycles. The Bertz CT molecular complexity index is 776. The van der Waals surface area contributed by atoms with Crippen molar-refractivity contribution in [1.82, 2.24) is 9.13 Å². The molecule has 0 saturated heterocycles. The molecule has 2 rings (SSSR count).